The Hall–Kier alpha value is -2.87. The number of hydrogen-bond donors (Lipinski definition) is 1. The number of nitrogens with one attached hydrogen (secondary N) is 1. The van der Waals surface area contributed by atoms with Crippen molar-refractivity contribution in [1.82, 2.24) is 9.80 Å². The molecule has 32 heavy (non-hydrogen) atoms. The zero-order valence-corrected chi connectivity index (χ0v) is 18.2. The summed E-state index contributed by atoms with van der Waals surface area (Å²) < 4.78 is 49.6. The van der Waals surface area contributed by atoms with Gasteiger partial charge in [0.1, 0.15) is 0 Å². The van der Waals surface area contributed by atoms with Crippen molar-refractivity contribution >= 4 is 21.4 Å². The number of para-hydroxylation sites is 1. The van der Waals surface area contributed by atoms with Crippen LogP contribution in [0.25, 0.3) is 0 Å². The molecule has 0 aliphatic carbocycles. The first-order valence-electron chi connectivity index (χ1n) is 10.1. The van der Waals surface area contributed by atoms with Gasteiger partial charge in [-0.3, -0.25) is 14.6 Å². The summed E-state index contributed by atoms with van der Waals surface area (Å²) >= 11 is 0. The van der Waals surface area contributed by atoms with E-state index in [4.69, 9.17) is 5.26 Å². The number of benzene rings is 2. The molecule has 1 heterocycles. The van der Waals surface area contributed by atoms with E-state index in [1.807, 2.05) is 17.0 Å². The Balaban J connectivity index is 1.56. The molecular formula is C22H24F2N4O3S. The van der Waals surface area contributed by atoms with Gasteiger partial charge in [-0.15, -0.1) is 0 Å². The lowest BCUT2D eigenvalue weighted by molar-refractivity contribution is -0.117. The van der Waals surface area contributed by atoms with Crippen molar-refractivity contribution in [2.75, 3.05) is 38.0 Å². The topological polar surface area (TPSA) is 93.5 Å². The average molecular weight is 463 g/mol. The highest BCUT2D eigenvalue weighted by Crippen LogP contribution is 2.26. The van der Waals surface area contributed by atoms with Crippen LogP contribution in [0.2, 0.25) is 0 Å². The predicted octanol–water partition coefficient (Wildman–Crippen LogP) is 2.70. The van der Waals surface area contributed by atoms with Gasteiger partial charge in [0.05, 0.1) is 28.8 Å². The molecule has 1 aliphatic rings. The molecule has 0 bridgehead atoms. The summed E-state index contributed by atoms with van der Waals surface area (Å²) in [7, 11) is -4.82. The summed E-state index contributed by atoms with van der Waals surface area (Å²) in [6.07, 6.45) is 0.847. The van der Waals surface area contributed by atoms with Gasteiger partial charge in [-0.2, -0.15) is 14.0 Å². The molecule has 170 valence electrons. The van der Waals surface area contributed by atoms with Gasteiger partial charge in [-0.25, -0.2) is 8.42 Å². The third-order valence-electron chi connectivity index (χ3n) is 5.24. The zero-order chi connectivity index (χ0) is 23.1. The van der Waals surface area contributed by atoms with Crippen LogP contribution in [0.3, 0.4) is 0 Å². The molecule has 3 rings (SSSR count). The molecule has 2 aromatic rings. The van der Waals surface area contributed by atoms with Crippen molar-refractivity contribution in [1.29, 1.82) is 5.26 Å². The Kier molecular flexibility index (Phi) is 7.90. The number of halogens is 2. The Labute approximate surface area is 186 Å². The summed E-state index contributed by atoms with van der Waals surface area (Å²) in [6, 6.07) is 14.7. The van der Waals surface area contributed by atoms with Crippen molar-refractivity contribution in [2.45, 2.75) is 23.6 Å². The lowest BCUT2D eigenvalue weighted by Crippen LogP contribution is -2.36. The summed E-state index contributed by atoms with van der Waals surface area (Å²) in [5.41, 5.74) is 1.58. The van der Waals surface area contributed by atoms with Crippen LogP contribution in [0.5, 0.6) is 0 Å². The Bertz CT molecular complexity index is 1090. The second-order valence-corrected chi connectivity index (χ2v) is 9.45. The number of nitrogens with zero attached hydrogens (tertiary/aromatic N) is 3. The highest BCUT2D eigenvalue weighted by molar-refractivity contribution is 7.91. The molecule has 7 nitrogen and oxygen atoms in total. The Morgan fingerprint density at radius 2 is 1.69 bits per heavy atom. The summed E-state index contributed by atoms with van der Waals surface area (Å²) in [6.45, 7) is 3.70. The quantitative estimate of drug-likeness (QED) is 0.680. The van der Waals surface area contributed by atoms with Crippen molar-refractivity contribution in [2.24, 2.45) is 0 Å². The van der Waals surface area contributed by atoms with Crippen molar-refractivity contribution in [3.8, 4) is 6.07 Å². The molecule has 2 aromatic carbocycles. The van der Waals surface area contributed by atoms with Gasteiger partial charge in [0.2, 0.25) is 15.7 Å². The standard InChI is InChI=1S/C22H24F2N4O3S/c23-22(24)32(30,31)20-5-2-1-4-19(20)26-21(29)16-28-11-3-10-27(12-13-28)15-18-8-6-17(14-25)7-9-18/h1-2,4-9,22H,3,10-13,15-16H2,(H,26,29). The van der Waals surface area contributed by atoms with Gasteiger partial charge < -0.3 is 5.32 Å². The SMILES string of the molecule is N#Cc1ccc(CN2CCCN(CC(=O)Nc3ccccc3S(=O)(=O)C(F)F)CC2)cc1. The number of sulfone groups is 1. The molecule has 0 aromatic heterocycles. The normalized spacial score (nSPS) is 15.8. The van der Waals surface area contributed by atoms with Gasteiger partial charge in [0, 0.05) is 19.6 Å². The Morgan fingerprint density at radius 1 is 1.03 bits per heavy atom. The molecular weight excluding hydrogens is 438 g/mol. The number of hydrogen-bond acceptors (Lipinski definition) is 6. The van der Waals surface area contributed by atoms with E-state index >= 15 is 0 Å². The molecule has 10 heteroatoms. The third kappa shape index (κ3) is 6.09. The average Bonchev–Trinajstić information content (AvgIpc) is 2.99. The van der Waals surface area contributed by atoms with Gasteiger partial charge in [-0.1, -0.05) is 24.3 Å². The molecule has 0 atom stereocenters. The van der Waals surface area contributed by atoms with Crippen LogP contribution in [-0.2, 0) is 21.2 Å². The van der Waals surface area contributed by atoms with Gasteiger partial charge in [0.25, 0.3) is 0 Å². The van der Waals surface area contributed by atoms with Crippen molar-refractivity contribution in [3.63, 3.8) is 0 Å². The van der Waals surface area contributed by atoms with E-state index in [-0.39, 0.29) is 12.2 Å². The number of amides is 1. The minimum Gasteiger partial charge on any atom is -0.324 e. The van der Waals surface area contributed by atoms with Crippen LogP contribution in [0.15, 0.2) is 53.4 Å². The van der Waals surface area contributed by atoms with Gasteiger partial charge in [-0.05, 0) is 49.3 Å². The van der Waals surface area contributed by atoms with E-state index in [0.29, 0.717) is 18.7 Å². The molecule has 1 fully saturated rings. The first-order valence-corrected chi connectivity index (χ1v) is 11.7. The summed E-state index contributed by atoms with van der Waals surface area (Å²) in [4.78, 5) is 16.1. The van der Waals surface area contributed by atoms with E-state index in [0.717, 1.165) is 37.7 Å². The molecule has 0 saturated carbocycles. The number of carbonyl (C=O) groups is 1. The van der Waals surface area contributed by atoms with Crippen LogP contribution in [0.4, 0.5) is 14.5 Å². The van der Waals surface area contributed by atoms with Gasteiger partial charge in [0.15, 0.2) is 0 Å². The lowest BCUT2D eigenvalue weighted by atomic mass is 10.1. The zero-order valence-electron chi connectivity index (χ0n) is 17.4. The molecule has 1 amide bonds. The van der Waals surface area contributed by atoms with Crippen molar-refractivity contribution < 1.29 is 22.0 Å². The third-order valence-corrected chi connectivity index (χ3v) is 6.68. The number of rotatable bonds is 7. The first-order chi connectivity index (χ1) is 15.3. The summed E-state index contributed by atoms with van der Waals surface area (Å²) in [5.74, 6) is -4.02. The maximum atomic E-state index is 12.9. The molecule has 0 unspecified atom stereocenters. The van der Waals surface area contributed by atoms with Crippen LogP contribution in [0, 0.1) is 11.3 Å². The number of carbonyl (C=O) groups excluding carboxylic acids is 1. The highest BCUT2D eigenvalue weighted by Gasteiger charge is 2.29. The van der Waals surface area contributed by atoms with Crippen LogP contribution in [0.1, 0.15) is 17.5 Å². The maximum Gasteiger partial charge on any atom is 0.341 e. The molecule has 1 N–H and O–H groups in total. The molecule has 1 saturated heterocycles. The lowest BCUT2D eigenvalue weighted by Gasteiger charge is -2.22. The minimum absolute atomic E-state index is 0.0355. The van der Waals surface area contributed by atoms with E-state index < -0.39 is 26.4 Å². The highest BCUT2D eigenvalue weighted by atomic mass is 32.2. The van der Waals surface area contributed by atoms with Crippen LogP contribution < -0.4 is 5.32 Å². The van der Waals surface area contributed by atoms with Gasteiger partial charge >= 0.3 is 5.76 Å². The second kappa shape index (κ2) is 10.6. The predicted molar refractivity (Wildman–Crippen MR) is 116 cm³/mol. The fraction of sp³-hybridized carbons (Fsp3) is 0.364. The van der Waals surface area contributed by atoms with E-state index in [1.165, 1.54) is 18.2 Å². The van der Waals surface area contributed by atoms with Crippen LogP contribution >= 0.6 is 0 Å². The van der Waals surface area contributed by atoms with Crippen molar-refractivity contribution in [3.05, 3.63) is 59.7 Å². The fourth-order valence-corrected chi connectivity index (χ4v) is 4.48. The Morgan fingerprint density at radius 3 is 2.38 bits per heavy atom. The maximum absolute atomic E-state index is 12.9. The molecule has 0 spiro atoms. The number of anilines is 1. The minimum atomic E-state index is -4.82. The number of nitriles is 1. The first kappa shape index (κ1) is 23.8. The monoisotopic (exact) mass is 462 g/mol. The second-order valence-electron chi connectivity index (χ2n) is 7.56. The number of alkyl halides is 2. The van der Waals surface area contributed by atoms with Crippen LogP contribution in [-0.4, -0.2) is 62.6 Å². The smallest absolute Gasteiger partial charge is 0.324 e. The van der Waals surface area contributed by atoms with E-state index in [9.17, 15) is 22.0 Å². The largest absolute Gasteiger partial charge is 0.341 e. The summed E-state index contributed by atoms with van der Waals surface area (Å²) in [5, 5.41) is 11.4. The molecule has 0 radical (unpaired) electrons. The fourth-order valence-electron chi connectivity index (χ4n) is 3.59. The van der Waals surface area contributed by atoms with E-state index in [2.05, 4.69) is 16.3 Å². The molecule has 1 aliphatic heterocycles. The van der Waals surface area contributed by atoms with E-state index in [1.54, 1.807) is 12.1 Å².